The molecule has 0 aliphatic rings. The summed E-state index contributed by atoms with van der Waals surface area (Å²) >= 11 is 0. The second-order valence-electron chi connectivity index (χ2n) is 7.67. The van der Waals surface area contributed by atoms with Crippen LogP contribution in [0.15, 0.2) is 72.9 Å². The maximum absolute atomic E-state index is 13.4. The van der Waals surface area contributed by atoms with Crippen molar-refractivity contribution in [3.05, 3.63) is 95.7 Å². The lowest BCUT2D eigenvalue weighted by atomic mass is 10.1. The molecule has 0 N–H and O–H groups in total. The molecule has 0 bridgehead atoms. The molecule has 0 unspecified atom stereocenters. The van der Waals surface area contributed by atoms with Gasteiger partial charge in [0.05, 0.1) is 23.5 Å². The van der Waals surface area contributed by atoms with E-state index in [0.717, 1.165) is 22.5 Å². The molecule has 5 aromatic rings. The molecule has 0 aliphatic heterocycles. The van der Waals surface area contributed by atoms with E-state index in [-0.39, 0.29) is 18.0 Å². The third-order valence-corrected chi connectivity index (χ3v) is 5.45. The highest BCUT2D eigenvalue weighted by atomic mass is 19.1. The summed E-state index contributed by atoms with van der Waals surface area (Å²) in [5.74, 6) is -0.277. The minimum Gasteiger partial charge on any atom is -0.294 e. The van der Waals surface area contributed by atoms with Crippen LogP contribution >= 0.6 is 0 Å². The van der Waals surface area contributed by atoms with Gasteiger partial charge >= 0.3 is 0 Å². The number of nitrogens with zero attached hydrogens (tertiary/aromatic N) is 5. The lowest BCUT2D eigenvalue weighted by molar-refractivity contribution is 0.0992. The summed E-state index contributed by atoms with van der Waals surface area (Å²) in [7, 11) is 1.84. The van der Waals surface area contributed by atoms with Crippen LogP contribution in [0.3, 0.4) is 0 Å². The van der Waals surface area contributed by atoms with E-state index in [0.29, 0.717) is 22.6 Å². The van der Waals surface area contributed by atoms with Crippen molar-refractivity contribution < 1.29 is 9.18 Å². The third-order valence-electron chi connectivity index (χ3n) is 5.45. The van der Waals surface area contributed by atoms with Crippen LogP contribution in [0.25, 0.3) is 28.2 Å². The van der Waals surface area contributed by atoms with E-state index in [9.17, 15) is 9.18 Å². The second kappa shape index (κ2) is 7.85. The van der Waals surface area contributed by atoms with Gasteiger partial charge < -0.3 is 0 Å². The summed E-state index contributed by atoms with van der Waals surface area (Å²) in [6.45, 7) is 1.91. The van der Waals surface area contributed by atoms with Gasteiger partial charge in [0.15, 0.2) is 11.4 Å². The van der Waals surface area contributed by atoms with Gasteiger partial charge in [-0.25, -0.2) is 13.9 Å². The standard InChI is InChI=1S/C25H20FN5O/c1-16-22(14-23(32)17-6-4-3-5-7-17)27-24-13-12-21(28-31(16)24)20-15-30(2)29-25(20)18-8-10-19(26)11-9-18/h3-13,15H,14H2,1-2H3. The van der Waals surface area contributed by atoms with E-state index in [1.807, 2.05) is 62.6 Å². The minimum atomic E-state index is -0.294. The summed E-state index contributed by atoms with van der Waals surface area (Å²) in [6, 6.07) is 19.2. The van der Waals surface area contributed by atoms with Gasteiger partial charge in [0.25, 0.3) is 0 Å². The zero-order valence-electron chi connectivity index (χ0n) is 17.7. The number of hydrogen-bond donors (Lipinski definition) is 0. The summed E-state index contributed by atoms with van der Waals surface area (Å²) in [4.78, 5) is 17.3. The van der Waals surface area contributed by atoms with Crippen molar-refractivity contribution in [3.8, 4) is 22.5 Å². The van der Waals surface area contributed by atoms with Crippen LogP contribution in [0, 0.1) is 12.7 Å². The molecule has 0 aliphatic carbocycles. The van der Waals surface area contributed by atoms with Gasteiger partial charge in [-0.05, 0) is 43.3 Å². The van der Waals surface area contributed by atoms with Gasteiger partial charge in [0, 0.05) is 29.9 Å². The Hall–Kier alpha value is -4.13. The van der Waals surface area contributed by atoms with Crippen molar-refractivity contribution >= 4 is 11.4 Å². The van der Waals surface area contributed by atoms with Crippen molar-refractivity contribution in [2.45, 2.75) is 13.3 Å². The number of fused-ring (bicyclic) bond motifs is 1. The number of benzene rings is 2. The number of Topliss-reactive ketones (excluding diaryl/α,β-unsaturated/α-hetero) is 1. The van der Waals surface area contributed by atoms with Gasteiger partial charge in [-0.1, -0.05) is 30.3 Å². The number of imidazole rings is 1. The average molecular weight is 425 g/mol. The average Bonchev–Trinajstić information content (AvgIpc) is 3.34. The first kappa shape index (κ1) is 19.8. The lowest BCUT2D eigenvalue weighted by Crippen LogP contribution is -2.05. The molecule has 0 saturated carbocycles. The molecule has 0 saturated heterocycles. The Morgan fingerprint density at radius 1 is 0.969 bits per heavy atom. The number of rotatable bonds is 5. The normalized spacial score (nSPS) is 11.2. The summed E-state index contributed by atoms with van der Waals surface area (Å²) in [5.41, 5.74) is 5.93. The summed E-state index contributed by atoms with van der Waals surface area (Å²) in [5, 5.41) is 9.33. The van der Waals surface area contributed by atoms with Crippen molar-refractivity contribution in [1.29, 1.82) is 0 Å². The zero-order valence-corrected chi connectivity index (χ0v) is 17.7. The third kappa shape index (κ3) is 3.58. The molecule has 0 amide bonds. The molecule has 158 valence electrons. The quantitative estimate of drug-likeness (QED) is 0.384. The fourth-order valence-electron chi connectivity index (χ4n) is 3.78. The number of aryl methyl sites for hydroxylation is 2. The minimum absolute atomic E-state index is 0.0168. The molecule has 2 aromatic carbocycles. The van der Waals surface area contributed by atoms with E-state index in [1.54, 1.807) is 21.3 Å². The van der Waals surface area contributed by atoms with Crippen LogP contribution in [0.2, 0.25) is 0 Å². The Kier molecular flexibility index (Phi) is 4.86. The van der Waals surface area contributed by atoms with Gasteiger partial charge in [-0.15, -0.1) is 0 Å². The predicted octanol–water partition coefficient (Wildman–Crippen LogP) is 4.67. The highest BCUT2D eigenvalue weighted by molar-refractivity contribution is 5.97. The number of carbonyl (C=O) groups is 1. The fourth-order valence-corrected chi connectivity index (χ4v) is 3.78. The van der Waals surface area contributed by atoms with Crippen molar-refractivity contribution in [3.63, 3.8) is 0 Å². The Bertz CT molecular complexity index is 1440. The molecule has 0 atom stereocenters. The highest BCUT2D eigenvalue weighted by Crippen LogP contribution is 2.30. The second-order valence-corrected chi connectivity index (χ2v) is 7.67. The number of ketones is 1. The first-order valence-electron chi connectivity index (χ1n) is 10.2. The Morgan fingerprint density at radius 2 is 1.72 bits per heavy atom. The smallest absolute Gasteiger partial charge is 0.168 e. The molecule has 0 fully saturated rings. The maximum atomic E-state index is 13.4. The summed E-state index contributed by atoms with van der Waals surface area (Å²) < 4.78 is 16.8. The Balaban J connectivity index is 1.53. The molecular weight excluding hydrogens is 405 g/mol. The van der Waals surface area contributed by atoms with Crippen LogP contribution in [0.5, 0.6) is 0 Å². The number of hydrogen-bond acceptors (Lipinski definition) is 4. The van der Waals surface area contributed by atoms with Crippen molar-refractivity contribution in [2.24, 2.45) is 7.05 Å². The summed E-state index contributed by atoms with van der Waals surface area (Å²) in [6.07, 6.45) is 2.10. The monoisotopic (exact) mass is 425 g/mol. The van der Waals surface area contributed by atoms with E-state index < -0.39 is 0 Å². The maximum Gasteiger partial charge on any atom is 0.168 e. The lowest BCUT2D eigenvalue weighted by Gasteiger charge is -2.04. The van der Waals surface area contributed by atoms with Crippen molar-refractivity contribution in [1.82, 2.24) is 24.4 Å². The first-order valence-corrected chi connectivity index (χ1v) is 10.2. The van der Waals surface area contributed by atoms with Gasteiger partial charge in [0.2, 0.25) is 0 Å². The van der Waals surface area contributed by atoms with Crippen LogP contribution in [-0.2, 0) is 13.5 Å². The highest BCUT2D eigenvalue weighted by Gasteiger charge is 2.18. The Morgan fingerprint density at radius 3 is 2.47 bits per heavy atom. The fraction of sp³-hybridized carbons (Fsp3) is 0.120. The Labute approximate surface area is 184 Å². The SMILES string of the molecule is Cc1c(CC(=O)c2ccccc2)nc2ccc(-c3cn(C)nc3-c3ccc(F)cc3)nn12. The largest absolute Gasteiger partial charge is 0.294 e. The van der Waals surface area contributed by atoms with Crippen LogP contribution < -0.4 is 0 Å². The number of halogens is 1. The number of carbonyl (C=O) groups excluding carboxylic acids is 1. The van der Waals surface area contributed by atoms with Crippen molar-refractivity contribution in [2.75, 3.05) is 0 Å². The van der Waals surface area contributed by atoms with E-state index in [4.69, 9.17) is 5.10 Å². The predicted molar refractivity (Wildman–Crippen MR) is 120 cm³/mol. The molecular formula is C25H20FN5O. The first-order chi connectivity index (χ1) is 15.5. The molecule has 6 nitrogen and oxygen atoms in total. The molecule has 7 heteroatoms. The van der Waals surface area contributed by atoms with E-state index in [2.05, 4.69) is 10.1 Å². The van der Waals surface area contributed by atoms with E-state index >= 15 is 0 Å². The van der Waals surface area contributed by atoms with E-state index in [1.165, 1.54) is 12.1 Å². The number of aromatic nitrogens is 5. The molecule has 32 heavy (non-hydrogen) atoms. The molecule has 3 heterocycles. The zero-order chi connectivity index (χ0) is 22.2. The van der Waals surface area contributed by atoms with Crippen LogP contribution in [-0.4, -0.2) is 30.2 Å². The van der Waals surface area contributed by atoms with Gasteiger partial charge in [-0.2, -0.15) is 10.2 Å². The van der Waals surface area contributed by atoms with Crippen LogP contribution in [0.1, 0.15) is 21.7 Å². The van der Waals surface area contributed by atoms with Gasteiger partial charge in [0.1, 0.15) is 11.5 Å². The molecule has 0 radical (unpaired) electrons. The van der Waals surface area contributed by atoms with Gasteiger partial charge in [-0.3, -0.25) is 9.48 Å². The molecule has 5 rings (SSSR count). The van der Waals surface area contributed by atoms with Crippen LogP contribution in [0.4, 0.5) is 4.39 Å². The molecule has 3 aromatic heterocycles. The molecule has 0 spiro atoms. The topological polar surface area (TPSA) is 65.1 Å².